The second-order valence-electron chi connectivity index (χ2n) is 6.73. The van der Waals surface area contributed by atoms with Crippen LogP contribution in [0.5, 0.6) is 5.75 Å². The molecule has 1 aromatic rings. The molecule has 2 aliphatic rings. The van der Waals surface area contributed by atoms with Crippen molar-refractivity contribution >= 4 is 5.76 Å². The Kier molecular flexibility index (Phi) is 5.41. The molecule has 0 aliphatic heterocycles. The normalized spacial score (nSPS) is 25.4. The summed E-state index contributed by atoms with van der Waals surface area (Å²) >= 11 is 0. The second kappa shape index (κ2) is 7.91. The fourth-order valence-corrected chi connectivity index (χ4v) is 4.18. The van der Waals surface area contributed by atoms with Crippen LogP contribution in [-0.4, -0.2) is 12.2 Å². The molecule has 0 heterocycles. The Morgan fingerprint density at radius 3 is 2.81 bits per heavy atom. The maximum atomic E-state index is 9.89. The topological polar surface area (TPSA) is 29.5 Å². The fraction of sp³-hybridized carbons (Fsp3) is 0.333. The van der Waals surface area contributed by atoms with Crippen LogP contribution in [0.2, 0.25) is 0 Å². The van der Waals surface area contributed by atoms with Gasteiger partial charge in [-0.25, -0.2) is 0 Å². The number of benzene rings is 1. The van der Waals surface area contributed by atoms with E-state index in [1.54, 1.807) is 19.2 Å². The first-order chi connectivity index (χ1) is 12.7. The van der Waals surface area contributed by atoms with Crippen molar-refractivity contribution in [3.8, 4) is 41.8 Å². The van der Waals surface area contributed by atoms with Crippen LogP contribution in [0.1, 0.15) is 31.7 Å². The number of phenolic OH excluding ortho intramolecular Hbond substituents is 1. The Balaban J connectivity index is 2.11. The van der Waals surface area contributed by atoms with Gasteiger partial charge in [-0.3, -0.25) is 0 Å². The highest BCUT2D eigenvalue weighted by Gasteiger charge is 2.39. The van der Waals surface area contributed by atoms with Crippen LogP contribution in [0.4, 0.5) is 0 Å². The number of fused-ring (bicyclic) bond motifs is 2. The predicted molar refractivity (Wildman–Crippen MR) is 104 cm³/mol. The van der Waals surface area contributed by atoms with Gasteiger partial charge in [0.25, 0.3) is 0 Å². The van der Waals surface area contributed by atoms with E-state index in [9.17, 15) is 5.11 Å². The Morgan fingerprint density at radius 1 is 1.23 bits per heavy atom. The molecule has 26 heavy (non-hydrogen) atoms. The molecule has 2 aliphatic carbocycles. The van der Waals surface area contributed by atoms with Crippen molar-refractivity contribution in [1.82, 2.24) is 0 Å². The first-order valence-corrected chi connectivity index (χ1v) is 8.87. The Bertz CT molecular complexity index is 919. The lowest BCUT2D eigenvalue weighted by Crippen LogP contribution is -2.31. The van der Waals surface area contributed by atoms with Crippen LogP contribution in [0, 0.1) is 53.8 Å². The molecule has 2 heteroatoms. The van der Waals surface area contributed by atoms with E-state index >= 15 is 0 Å². The summed E-state index contributed by atoms with van der Waals surface area (Å²) in [5, 5.41) is 9.89. The molecule has 1 aromatic carbocycles. The number of hydrogen-bond donors (Lipinski definition) is 1. The van der Waals surface area contributed by atoms with Crippen molar-refractivity contribution in [2.24, 2.45) is 17.8 Å². The smallest absolute Gasteiger partial charge is 0.126 e. The molecular formula is C24H22O2. The van der Waals surface area contributed by atoms with E-state index in [0.717, 1.165) is 24.2 Å². The largest absolute Gasteiger partial charge is 0.508 e. The van der Waals surface area contributed by atoms with E-state index in [4.69, 9.17) is 11.2 Å². The van der Waals surface area contributed by atoms with Gasteiger partial charge in [0.2, 0.25) is 0 Å². The highest BCUT2D eigenvalue weighted by atomic mass is 16.5. The third-order valence-electron chi connectivity index (χ3n) is 5.22. The van der Waals surface area contributed by atoms with Crippen molar-refractivity contribution in [2.45, 2.75) is 26.2 Å². The Hall–Kier alpha value is -3.02. The van der Waals surface area contributed by atoms with Gasteiger partial charge in [0.1, 0.15) is 11.5 Å². The average Bonchev–Trinajstić information content (AvgIpc) is 2.64. The van der Waals surface area contributed by atoms with Crippen LogP contribution in [0.3, 0.4) is 0 Å². The average molecular weight is 342 g/mol. The zero-order chi connectivity index (χ0) is 18.5. The minimum absolute atomic E-state index is 0.107. The summed E-state index contributed by atoms with van der Waals surface area (Å²) in [4.78, 5) is 0. The van der Waals surface area contributed by atoms with Gasteiger partial charge in [-0.15, -0.1) is 6.42 Å². The molecule has 130 valence electrons. The van der Waals surface area contributed by atoms with Gasteiger partial charge in [0.05, 0.1) is 7.11 Å². The minimum atomic E-state index is 0.107. The van der Waals surface area contributed by atoms with E-state index in [1.165, 1.54) is 17.6 Å². The van der Waals surface area contributed by atoms with Crippen LogP contribution in [0.15, 0.2) is 41.5 Å². The Morgan fingerprint density at radius 2 is 2.08 bits per heavy atom. The first-order valence-electron chi connectivity index (χ1n) is 8.87. The number of hydrogen-bond acceptors (Lipinski definition) is 2. The number of phenols is 1. The molecule has 1 fully saturated rings. The summed E-state index contributed by atoms with van der Waals surface area (Å²) in [7, 11) is 1.70. The fourth-order valence-electron chi connectivity index (χ4n) is 4.18. The number of rotatable bonds is 2. The highest BCUT2D eigenvalue weighted by molar-refractivity contribution is 5.67. The van der Waals surface area contributed by atoms with E-state index in [1.807, 2.05) is 12.1 Å². The van der Waals surface area contributed by atoms with E-state index < -0.39 is 0 Å². The number of methoxy groups -OCH3 is 1. The van der Waals surface area contributed by atoms with E-state index in [-0.39, 0.29) is 11.7 Å². The van der Waals surface area contributed by atoms with Crippen LogP contribution in [-0.2, 0) is 4.74 Å². The van der Waals surface area contributed by atoms with Crippen LogP contribution < -0.4 is 0 Å². The maximum absolute atomic E-state index is 9.89. The lowest BCUT2D eigenvalue weighted by Gasteiger charge is -2.41. The molecule has 3 atom stereocenters. The number of aromatic hydroxyl groups is 1. The standard InChI is InChI=1S/C24H22O2/c1-4-5-6-7-10-18-15-17(2)21-13-9-14-22(18)23(21)24(26-3)19-11-8-12-20(25)16-19/h1,8,11-12,15-16,18,21-22,25H,9,13-14H2,2-3H3. The van der Waals surface area contributed by atoms with Gasteiger partial charge < -0.3 is 9.84 Å². The van der Waals surface area contributed by atoms with E-state index in [0.29, 0.717) is 11.8 Å². The van der Waals surface area contributed by atoms with Gasteiger partial charge in [0.15, 0.2) is 0 Å². The van der Waals surface area contributed by atoms with Crippen molar-refractivity contribution in [3.05, 3.63) is 47.1 Å². The maximum Gasteiger partial charge on any atom is 0.126 e. The molecule has 0 radical (unpaired) electrons. The van der Waals surface area contributed by atoms with Gasteiger partial charge in [0, 0.05) is 23.3 Å². The van der Waals surface area contributed by atoms with Gasteiger partial charge in [-0.05, 0) is 61.2 Å². The minimum Gasteiger partial charge on any atom is -0.508 e. The first kappa shape index (κ1) is 17.8. The molecular weight excluding hydrogens is 320 g/mol. The monoisotopic (exact) mass is 342 g/mol. The van der Waals surface area contributed by atoms with Crippen molar-refractivity contribution in [2.75, 3.05) is 7.11 Å². The molecule has 3 unspecified atom stereocenters. The van der Waals surface area contributed by atoms with Gasteiger partial charge >= 0.3 is 0 Å². The van der Waals surface area contributed by atoms with Crippen molar-refractivity contribution < 1.29 is 9.84 Å². The molecule has 1 N–H and O–H groups in total. The lowest BCUT2D eigenvalue weighted by molar-refractivity contribution is 0.308. The molecule has 0 saturated heterocycles. The molecule has 1 saturated carbocycles. The summed E-state index contributed by atoms with van der Waals surface area (Å²) in [6.07, 6.45) is 10.8. The molecule has 2 nitrogen and oxygen atoms in total. The quantitative estimate of drug-likeness (QED) is 0.491. The number of terminal acetylenes is 1. The van der Waals surface area contributed by atoms with Crippen molar-refractivity contribution in [1.29, 1.82) is 0 Å². The van der Waals surface area contributed by atoms with Crippen molar-refractivity contribution in [3.63, 3.8) is 0 Å². The highest BCUT2D eigenvalue weighted by Crippen LogP contribution is 2.49. The molecule has 2 bridgehead atoms. The second-order valence-corrected chi connectivity index (χ2v) is 6.73. The summed E-state index contributed by atoms with van der Waals surface area (Å²) in [6.45, 7) is 2.17. The summed E-state index contributed by atoms with van der Waals surface area (Å²) in [6, 6.07) is 7.26. The summed E-state index contributed by atoms with van der Waals surface area (Å²) in [5.74, 6) is 15.6. The molecule has 0 aromatic heterocycles. The van der Waals surface area contributed by atoms with Gasteiger partial charge in [-0.2, -0.15) is 0 Å². The summed E-state index contributed by atoms with van der Waals surface area (Å²) < 4.78 is 5.85. The predicted octanol–water partition coefficient (Wildman–Crippen LogP) is 4.38. The van der Waals surface area contributed by atoms with E-state index in [2.05, 4.69) is 42.6 Å². The number of allylic oxidation sites excluding steroid dienone is 3. The lowest BCUT2D eigenvalue weighted by atomic mass is 9.64. The van der Waals surface area contributed by atoms with Crippen LogP contribution in [0.25, 0.3) is 5.76 Å². The third-order valence-corrected chi connectivity index (χ3v) is 5.22. The number of ether oxygens (including phenoxy) is 1. The zero-order valence-electron chi connectivity index (χ0n) is 15.2. The Labute approximate surface area is 156 Å². The molecule has 3 rings (SSSR count). The van der Waals surface area contributed by atoms with Gasteiger partial charge in [-0.1, -0.05) is 36.1 Å². The van der Waals surface area contributed by atoms with Crippen LogP contribution >= 0.6 is 0 Å². The molecule has 0 amide bonds. The SMILES string of the molecule is C#CC#CC#CC1C=C(C)C2CCCC1C2=C(OC)c1cccc(O)c1. The molecule has 0 spiro atoms. The summed E-state index contributed by atoms with van der Waals surface area (Å²) in [5.41, 5.74) is 3.54. The third kappa shape index (κ3) is 3.49. The zero-order valence-corrected chi connectivity index (χ0v) is 15.2.